The Morgan fingerprint density at radius 2 is 2.00 bits per heavy atom. The third kappa shape index (κ3) is 4.76. The predicted molar refractivity (Wildman–Crippen MR) is 92.2 cm³/mol. The first-order valence-electron chi connectivity index (χ1n) is 8.55. The lowest BCUT2D eigenvalue weighted by Gasteiger charge is -2.37. The Morgan fingerprint density at radius 3 is 2.55 bits per heavy atom. The van der Waals surface area contributed by atoms with Crippen LogP contribution >= 0.6 is 12.4 Å². The van der Waals surface area contributed by atoms with Gasteiger partial charge in [-0.3, -0.25) is 0 Å². The van der Waals surface area contributed by atoms with E-state index in [0.717, 1.165) is 32.1 Å². The average molecular weight is 333 g/mol. The van der Waals surface area contributed by atoms with Crippen LogP contribution in [0.3, 0.4) is 0 Å². The van der Waals surface area contributed by atoms with Gasteiger partial charge in [0.25, 0.3) is 0 Å². The molecule has 0 aromatic heterocycles. The average Bonchev–Trinajstić information content (AvgIpc) is 2.68. The van der Waals surface area contributed by atoms with Gasteiger partial charge in [-0.15, -0.1) is 12.4 Å². The zero-order valence-corrected chi connectivity index (χ0v) is 15.2. The molecule has 5 heteroatoms. The lowest BCUT2D eigenvalue weighted by Crippen LogP contribution is -2.53. The summed E-state index contributed by atoms with van der Waals surface area (Å²) in [5.41, 5.74) is 5.94. The van der Waals surface area contributed by atoms with Crippen LogP contribution < -0.4 is 11.1 Å². The molecule has 0 heterocycles. The topological polar surface area (TPSA) is 64.3 Å². The number of alkyl carbamates (subject to hydrolysis) is 1. The quantitative estimate of drug-likeness (QED) is 0.824. The molecule has 0 saturated heterocycles. The van der Waals surface area contributed by atoms with Gasteiger partial charge in [-0.25, -0.2) is 4.79 Å². The number of halogens is 1. The van der Waals surface area contributed by atoms with Crippen molar-refractivity contribution in [2.24, 2.45) is 23.5 Å². The van der Waals surface area contributed by atoms with E-state index in [1.807, 2.05) is 6.92 Å². The van der Waals surface area contributed by atoms with Crippen LogP contribution in [0.5, 0.6) is 0 Å². The van der Waals surface area contributed by atoms with Gasteiger partial charge in [-0.05, 0) is 56.8 Å². The molecule has 22 heavy (non-hydrogen) atoms. The second-order valence-corrected chi connectivity index (χ2v) is 7.86. The van der Waals surface area contributed by atoms with Crippen molar-refractivity contribution in [1.29, 1.82) is 0 Å². The number of carbonyl (C=O) groups excluding carboxylic acids is 1. The number of carbonyl (C=O) groups is 1. The van der Waals surface area contributed by atoms with E-state index in [1.165, 1.54) is 6.42 Å². The molecule has 1 amide bonds. The minimum atomic E-state index is -0.295. The fourth-order valence-corrected chi connectivity index (χ4v) is 3.99. The molecule has 0 aromatic carbocycles. The normalized spacial score (nSPS) is 38.5. The predicted octanol–water partition coefficient (Wildman–Crippen LogP) is 3.87. The molecule has 2 rings (SSSR count). The van der Waals surface area contributed by atoms with Gasteiger partial charge in [0.1, 0.15) is 6.10 Å². The first-order valence-corrected chi connectivity index (χ1v) is 8.55. The lowest BCUT2D eigenvalue weighted by molar-refractivity contribution is 0.00424. The fraction of sp³-hybridized carbons (Fsp3) is 0.941. The molecule has 2 aliphatic rings. The Morgan fingerprint density at radius 1 is 1.32 bits per heavy atom. The SMILES string of the molecule is CC(C)[C@@H]1CC[C@@H](C)C[C@H]1OC(=O)NC1CCCC1(C)N.Cl. The number of hydrogen-bond donors (Lipinski definition) is 2. The van der Waals surface area contributed by atoms with E-state index in [9.17, 15) is 4.79 Å². The summed E-state index contributed by atoms with van der Waals surface area (Å²) in [6, 6.07) is 0.0449. The maximum atomic E-state index is 12.2. The van der Waals surface area contributed by atoms with Gasteiger partial charge in [0.2, 0.25) is 0 Å². The molecular weight excluding hydrogens is 300 g/mol. The van der Waals surface area contributed by atoms with Gasteiger partial charge in [0, 0.05) is 11.6 Å². The van der Waals surface area contributed by atoms with Crippen molar-refractivity contribution in [3.8, 4) is 0 Å². The lowest BCUT2D eigenvalue weighted by atomic mass is 9.75. The molecule has 0 spiro atoms. The van der Waals surface area contributed by atoms with Crippen LogP contribution in [0, 0.1) is 17.8 Å². The number of rotatable bonds is 3. The van der Waals surface area contributed by atoms with Crippen LogP contribution in [-0.4, -0.2) is 23.8 Å². The van der Waals surface area contributed by atoms with E-state index in [2.05, 4.69) is 26.1 Å². The molecule has 0 bridgehead atoms. The molecule has 5 atom stereocenters. The van der Waals surface area contributed by atoms with Crippen molar-refractivity contribution in [1.82, 2.24) is 5.32 Å². The van der Waals surface area contributed by atoms with Crippen LogP contribution in [0.2, 0.25) is 0 Å². The van der Waals surface area contributed by atoms with Crippen LogP contribution in [-0.2, 0) is 4.74 Å². The van der Waals surface area contributed by atoms with Gasteiger partial charge < -0.3 is 15.8 Å². The summed E-state index contributed by atoms with van der Waals surface area (Å²) in [4.78, 5) is 12.2. The van der Waals surface area contributed by atoms with E-state index < -0.39 is 0 Å². The van der Waals surface area contributed by atoms with E-state index in [4.69, 9.17) is 10.5 Å². The van der Waals surface area contributed by atoms with E-state index in [0.29, 0.717) is 17.8 Å². The molecular formula is C17H33ClN2O2. The van der Waals surface area contributed by atoms with Crippen molar-refractivity contribution < 1.29 is 9.53 Å². The van der Waals surface area contributed by atoms with Gasteiger partial charge >= 0.3 is 6.09 Å². The zero-order valence-electron chi connectivity index (χ0n) is 14.4. The minimum absolute atomic E-state index is 0. The van der Waals surface area contributed by atoms with Crippen molar-refractivity contribution in [2.75, 3.05) is 0 Å². The Bertz CT molecular complexity index is 374. The van der Waals surface area contributed by atoms with Crippen molar-refractivity contribution in [2.45, 2.75) is 83.9 Å². The van der Waals surface area contributed by atoms with E-state index >= 15 is 0 Å². The molecule has 2 unspecified atom stereocenters. The summed E-state index contributed by atoms with van der Waals surface area (Å²) >= 11 is 0. The van der Waals surface area contributed by atoms with E-state index in [-0.39, 0.29) is 36.2 Å². The molecule has 2 aliphatic carbocycles. The third-order valence-corrected chi connectivity index (χ3v) is 5.52. The van der Waals surface area contributed by atoms with Crippen LogP contribution in [0.4, 0.5) is 4.79 Å². The Balaban J connectivity index is 0.00000242. The van der Waals surface area contributed by atoms with Crippen LogP contribution in [0.25, 0.3) is 0 Å². The Labute approximate surface area is 141 Å². The largest absolute Gasteiger partial charge is 0.446 e. The fourth-order valence-electron chi connectivity index (χ4n) is 3.99. The second kappa shape index (κ2) is 7.87. The van der Waals surface area contributed by atoms with Crippen LogP contribution in [0.1, 0.15) is 66.2 Å². The van der Waals surface area contributed by atoms with E-state index in [1.54, 1.807) is 0 Å². The number of hydrogen-bond acceptors (Lipinski definition) is 3. The second-order valence-electron chi connectivity index (χ2n) is 7.86. The Hall–Kier alpha value is -0.480. The number of nitrogens with two attached hydrogens (primary N) is 1. The molecule has 0 aliphatic heterocycles. The van der Waals surface area contributed by atoms with Gasteiger partial charge in [0.05, 0.1) is 0 Å². The van der Waals surface area contributed by atoms with Gasteiger partial charge in [0.15, 0.2) is 0 Å². The maximum absolute atomic E-state index is 12.2. The highest BCUT2D eigenvalue weighted by molar-refractivity contribution is 5.85. The highest BCUT2D eigenvalue weighted by atomic mass is 35.5. The van der Waals surface area contributed by atoms with Crippen LogP contribution in [0.15, 0.2) is 0 Å². The molecule has 0 radical (unpaired) electrons. The third-order valence-electron chi connectivity index (χ3n) is 5.52. The van der Waals surface area contributed by atoms with Gasteiger partial charge in [-0.1, -0.05) is 27.2 Å². The number of amides is 1. The minimum Gasteiger partial charge on any atom is -0.446 e. The first-order chi connectivity index (χ1) is 9.79. The summed E-state index contributed by atoms with van der Waals surface area (Å²) < 4.78 is 5.79. The number of ether oxygens (including phenoxy) is 1. The monoisotopic (exact) mass is 332 g/mol. The van der Waals surface area contributed by atoms with Crippen molar-refractivity contribution in [3.63, 3.8) is 0 Å². The zero-order chi connectivity index (χ0) is 15.6. The van der Waals surface area contributed by atoms with Gasteiger partial charge in [-0.2, -0.15) is 0 Å². The van der Waals surface area contributed by atoms with Crippen molar-refractivity contribution in [3.05, 3.63) is 0 Å². The molecule has 4 nitrogen and oxygen atoms in total. The summed E-state index contributed by atoms with van der Waals surface area (Å²) in [6.07, 6.45) is 6.17. The summed E-state index contributed by atoms with van der Waals surface area (Å²) in [7, 11) is 0. The smallest absolute Gasteiger partial charge is 0.407 e. The molecule has 2 fully saturated rings. The Kier molecular flexibility index (Phi) is 7.00. The highest BCUT2D eigenvalue weighted by Crippen LogP contribution is 2.35. The highest BCUT2D eigenvalue weighted by Gasteiger charge is 2.38. The number of nitrogens with one attached hydrogen (secondary N) is 1. The summed E-state index contributed by atoms with van der Waals surface area (Å²) in [5.74, 6) is 1.69. The standard InChI is InChI=1S/C17H32N2O2.ClH/c1-11(2)13-8-7-12(3)10-14(13)21-16(20)19-15-6-5-9-17(15,4)18;/h11-15H,5-10,18H2,1-4H3,(H,19,20);1H/t12-,13+,14-,15?,17?;/m1./s1. The summed E-state index contributed by atoms with van der Waals surface area (Å²) in [6.45, 7) is 8.72. The van der Waals surface area contributed by atoms with Crippen molar-refractivity contribution >= 4 is 18.5 Å². The molecule has 0 aromatic rings. The summed E-state index contributed by atoms with van der Waals surface area (Å²) in [5, 5.41) is 3.00. The molecule has 130 valence electrons. The first kappa shape index (κ1) is 19.6. The molecule has 2 saturated carbocycles. The molecule has 3 N–H and O–H groups in total. The maximum Gasteiger partial charge on any atom is 0.407 e.